The summed E-state index contributed by atoms with van der Waals surface area (Å²) >= 11 is 0. The van der Waals surface area contributed by atoms with Gasteiger partial charge in [0.05, 0.1) is 10.5 Å². The number of imide groups is 1. The largest absolute Gasteiger partial charge is 0.348 e. The van der Waals surface area contributed by atoms with Crippen molar-refractivity contribution in [2.75, 3.05) is 11.9 Å². The maximum absolute atomic E-state index is 12.5. The van der Waals surface area contributed by atoms with Crippen molar-refractivity contribution in [2.45, 2.75) is 6.54 Å². The van der Waals surface area contributed by atoms with Crippen molar-refractivity contribution in [2.24, 2.45) is 0 Å². The quantitative estimate of drug-likeness (QED) is 0.462. The first-order chi connectivity index (χ1) is 13.4. The fourth-order valence-corrected chi connectivity index (χ4v) is 3.25. The number of anilines is 1. The van der Waals surface area contributed by atoms with Crippen LogP contribution in [0.1, 0.15) is 36.6 Å². The van der Waals surface area contributed by atoms with E-state index in [9.17, 15) is 29.3 Å². The predicted molar refractivity (Wildman–Crippen MR) is 94.7 cm³/mol. The second-order valence-corrected chi connectivity index (χ2v) is 6.26. The van der Waals surface area contributed by atoms with Crippen LogP contribution in [0.2, 0.25) is 0 Å². The summed E-state index contributed by atoms with van der Waals surface area (Å²) in [5, 5.41) is 16.3. The van der Waals surface area contributed by atoms with Gasteiger partial charge in [-0.2, -0.15) is 0 Å². The number of hydrogen-bond donors (Lipinski definition) is 2. The zero-order chi connectivity index (χ0) is 20.0. The van der Waals surface area contributed by atoms with E-state index in [-0.39, 0.29) is 17.0 Å². The molecule has 2 aliphatic rings. The van der Waals surface area contributed by atoms with Crippen LogP contribution in [0.4, 0.5) is 11.4 Å². The SMILES string of the molecule is O=C(CN1C(=O)c2cccc([N+](=O)[O-])c2C1=O)Nc1ccc2c(c1)C(=O)NC2. The molecule has 10 nitrogen and oxygen atoms in total. The van der Waals surface area contributed by atoms with Gasteiger partial charge in [0.2, 0.25) is 5.91 Å². The molecule has 0 aliphatic carbocycles. The van der Waals surface area contributed by atoms with Crippen molar-refractivity contribution in [3.05, 3.63) is 68.8 Å². The van der Waals surface area contributed by atoms with Crippen LogP contribution >= 0.6 is 0 Å². The Morgan fingerprint density at radius 2 is 1.93 bits per heavy atom. The number of rotatable bonds is 4. The van der Waals surface area contributed by atoms with Crippen molar-refractivity contribution in [1.82, 2.24) is 10.2 Å². The van der Waals surface area contributed by atoms with E-state index in [2.05, 4.69) is 10.6 Å². The molecule has 4 amide bonds. The highest BCUT2D eigenvalue weighted by atomic mass is 16.6. The minimum absolute atomic E-state index is 0.110. The summed E-state index contributed by atoms with van der Waals surface area (Å²) in [5.74, 6) is -2.59. The van der Waals surface area contributed by atoms with E-state index in [1.165, 1.54) is 18.2 Å². The number of hydrogen-bond acceptors (Lipinski definition) is 6. The summed E-state index contributed by atoms with van der Waals surface area (Å²) < 4.78 is 0. The van der Waals surface area contributed by atoms with Crippen LogP contribution in [-0.4, -0.2) is 40.0 Å². The van der Waals surface area contributed by atoms with E-state index >= 15 is 0 Å². The Bertz CT molecular complexity index is 1090. The minimum atomic E-state index is -0.893. The van der Waals surface area contributed by atoms with Crippen LogP contribution in [-0.2, 0) is 11.3 Å². The Hall–Kier alpha value is -4.08. The molecular formula is C18H12N4O6. The molecule has 28 heavy (non-hydrogen) atoms. The van der Waals surface area contributed by atoms with E-state index in [1.54, 1.807) is 12.1 Å². The summed E-state index contributed by atoms with van der Waals surface area (Å²) in [6.07, 6.45) is 0. The maximum atomic E-state index is 12.5. The van der Waals surface area contributed by atoms with Gasteiger partial charge in [-0.1, -0.05) is 12.1 Å². The van der Waals surface area contributed by atoms with E-state index in [0.29, 0.717) is 22.7 Å². The number of nitrogens with zero attached hydrogens (tertiary/aromatic N) is 2. The molecule has 0 bridgehead atoms. The Balaban J connectivity index is 1.53. The summed E-state index contributed by atoms with van der Waals surface area (Å²) in [5.41, 5.74) is 0.664. The second-order valence-electron chi connectivity index (χ2n) is 6.26. The monoisotopic (exact) mass is 380 g/mol. The van der Waals surface area contributed by atoms with Gasteiger partial charge in [0, 0.05) is 23.9 Å². The first-order valence-electron chi connectivity index (χ1n) is 8.21. The van der Waals surface area contributed by atoms with Gasteiger partial charge in [0.1, 0.15) is 12.1 Å². The normalized spacial score (nSPS) is 14.6. The van der Waals surface area contributed by atoms with Gasteiger partial charge in [0.15, 0.2) is 0 Å². The Labute approximate surface area is 157 Å². The lowest BCUT2D eigenvalue weighted by Gasteiger charge is -2.13. The molecule has 0 spiro atoms. The Kier molecular flexibility index (Phi) is 3.88. The summed E-state index contributed by atoms with van der Waals surface area (Å²) in [6.45, 7) is -0.191. The second kappa shape index (κ2) is 6.27. The van der Waals surface area contributed by atoms with Crippen LogP contribution in [0.25, 0.3) is 0 Å². The fraction of sp³-hybridized carbons (Fsp3) is 0.111. The summed E-state index contributed by atoms with van der Waals surface area (Å²) in [6, 6.07) is 8.53. The molecule has 2 N–H and O–H groups in total. The molecule has 0 aromatic heterocycles. The lowest BCUT2D eigenvalue weighted by atomic mass is 10.1. The molecule has 2 aromatic carbocycles. The van der Waals surface area contributed by atoms with Crippen LogP contribution < -0.4 is 10.6 Å². The van der Waals surface area contributed by atoms with Gasteiger partial charge in [0.25, 0.3) is 23.4 Å². The van der Waals surface area contributed by atoms with E-state index in [1.807, 2.05) is 0 Å². The summed E-state index contributed by atoms with van der Waals surface area (Å²) in [7, 11) is 0. The van der Waals surface area contributed by atoms with Gasteiger partial charge >= 0.3 is 0 Å². The molecule has 0 atom stereocenters. The molecule has 0 unspecified atom stereocenters. The Morgan fingerprint density at radius 3 is 2.68 bits per heavy atom. The highest BCUT2D eigenvalue weighted by molar-refractivity contribution is 6.24. The molecule has 0 saturated carbocycles. The van der Waals surface area contributed by atoms with E-state index in [0.717, 1.165) is 11.6 Å². The number of nitro groups is 1. The molecule has 0 fully saturated rings. The third-order valence-corrected chi connectivity index (χ3v) is 4.55. The topological polar surface area (TPSA) is 139 Å². The molecule has 10 heteroatoms. The molecule has 2 aromatic rings. The number of benzene rings is 2. The van der Waals surface area contributed by atoms with Crippen molar-refractivity contribution in [3.8, 4) is 0 Å². The number of carbonyl (C=O) groups excluding carboxylic acids is 4. The van der Waals surface area contributed by atoms with Gasteiger partial charge < -0.3 is 10.6 Å². The zero-order valence-corrected chi connectivity index (χ0v) is 14.2. The first-order valence-corrected chi connectivity index (χ1v) is 8.21. The third-order valence-electron chi connectivity index (χ3n) is 4.55. The maximum Gasteiger partial charge on any atom is 0.282 e. The van der Waals surface area contributed by atoms with Crippen LogP contribution in [0.5, 0.6) is 0 Å². The van der Waals surface area contributed by atoms with Crippen molar-refractivity contribution >= 4 is 35.0 Å². The Morgan fingerprint density at radius 1 is 1.14 bits per heavy atom. The van der Waals surface area contributed by atoms with Gasteiger partial charge in [-0.15, -0.1) is 0 Å². The van der Waals surface area contributed by atoms with E-state index < -0.39 is 34.9 Å². The van der Waals surface area contributed by atoms with Crippen LogP contribution in [0.15, 0.2) is 36.4 Å². The standard InChI is InChI=1S/C18H12N4O6/c23-14(20-10-5-4-9-7-19-16(24)12(9)6-10)8-21-17(25)11-2-1-3-13(22(27)28)15(11)18(21)26/h1-6H,7-8H2,(H,19,24)(H,20,23). The average Bonchev–Trinajstić information content (AvgIpc) is 3.15. The molecule has 2 heterocycles. The third kappa shape index (κ3) is 2.67. The molecule has 0 radical (unpaired) electrons. The average molecular weight is 380 g/mol. The number of nitrogens with one attached hydrogen (secondary N) is 2. The van der Waals surface area contributed by atoms with Gasteiger partial charge in [-0.05, 0) is 23.8 Å². The summed E-state index contributed by atoms with van der Waals surface area (Å²) in [4.78, 5) is 60.0. The number of carbonyl (C=O) groups is 4. The zero-order valence-electron chi connectivity index (χ0n) is 14.2. The molecule has 2 aliphatic heterocycles. The lowest BCUT2D eigenvalue weighted by molar-refractivity contribution is -0.385. The lowest BCUT2D eigenvalue weighted by Crippen LogP contribution is -2.37. The van der Waals surface area contributed by atoms with Gasteiger partial charge in [-0.25, -0.2) is 0 Å². The molecular weight excluding hydrogens is 368 g/mol. The number of fused-ring (bicyclic) bond motifs is 2. The predicted octanol–water partition coefficient (Wildman–Crippen LogP) is 1.07. The highest BCUT2D eigenvalue weighted by Crippen LogP contribution is 2.30. The van der Waals surface area contributed by atoms with Gasteiger partial charge in [-0.3, -0.25) is 34.2 Å². The van der Waals surface area contributed by atoms with Crippen LogP contribution in [0, 0.1) is 10.1 Å². The number of nitro benzene ring substituents is 1. The fourth-order valence-electron chi connectivity index (χ4n) is 3.25. The van der Waals surface area contributed by atoms with Crippen molar-refractivity contribution in [1.29, 1.82) is 0 Å². The van der Waals surface area contributed by atoms with Crippen LogP contribution in [0.3, 0.4) is 0 Å². The molecule has 4 rings (SSSR count). The number of amides is 4. The highest BCUT2D eigenvalue weighted by Gasteiger charge is 2.41. The van der Waals surface area contributed by atoms with Crippen molar-refractivity contribution < 1.29 is 24.1 Å². The first kappa shape index (κ1) is 17.3. The molecule has 0 saturated heterocycles. The van der Waals surface area contributed by atoms with Crippen molar-refractivity contribution in [3.63, 3.8) is 0 Å². The smallest absolute Gasteiger partial charge is 0.282 e. The molecule has 140 valence electrons. The van der Waals surface area contributed by atoms with E-state index in [4.69, 9.17) is 0 Å². The minimum Gasteiger partial charge on any atom is -0.348 e.